The number of hydrogen-bond acceptors (Lipinski definition) is 3. The Morgan fingerprint density at radius 2 is 1.86 bits per heavy atom. The molecule has 1 aliphatic heterocycles. The van der Waals surface area contributed by atoms with Crippen LogP contribution in [0.1, 0.15) is 53.4 Å². The monoisotopic (exact) mass is 297 g/mol. The van der Waals surface area contributed by atoms with Gasteiger partial charge in [0.2, 0.25) is 0 Å². The zero-order chi connectivity index (χ0) is 15.9. The molecule has 0 aliphatic carbocycles. The van der Waals surface area contributed by atoms with Crippen LogP contribution in [0.5, 0.6) is 0 Å². The topological polar surface area (TPSA) is 18.5 Å². The van der Waals surface area contributed by atoms with Gasteiger partial charge in [0, 0.05) is 19.1 Å². The summed E-state index contributed by atoms with van der Waals surface area (Å²) < 4.78 is 0. The van der Waals surface area contributed by atoms with E-state index < -0.39 is 0 Å². The summed E-state index contributed by atoms with van der Waals surface area (Å²) in [5, 5.41) is 3.69. The molecule has 0 saturated carbocycles. The molecule has 0 amide bonds. The highest BCUT2D eigenvalue weighted by atomic mass is 15.2. The van der Waals surface area contributed by atoms with Crippen LogP contribution in [0.15, 0.2) is 0 Å². The molecule has 0 bridgehead atoms. The molecule has 0 aromatic carbocycles. The van der Waals surface area contributed by atoms with E-state index in [1.165, 1.54) is 45.3 Å². The summed E-state index contributed by atoms with van der Waals surface area (Å²) in [4.78, 5) is 5.10. The Kier molecular flexibility index (Phi) is 8.22. The highest BCUT2D eigenvalue weighted by molar-refractivity contribution is 4.84. The van der Waals surface area contributed by atoms with E-state index >= 15 is 0 Å². The smallest absolute Gasteiger partial charge is 0.0113 e. The van der Waals surface area contributed by atoms with Gasteiger partial charge in [-0.1, -0.05) is 34.1 Å². The predicted octanol–water partition coefficient (Wildman–Crippen LogP) is 3.06. The van der Waals surface area contributed by atoms with E-state index in [1.807, 2.05) is 0 Å². The van der Waals surface area contributed by atoms with Crippen LogP contribution in [0.4, 0.5) is 0 Å². The van der Waals surface area contributed by atoms with Crippen molar-refractivity contribution in [1.29, 1.82) is 0 Å². The Morgan fingerprint density at radius 1 is 1.24 bits per heavy atom. The lowest BCUT2D eigenvalue weighted by atomic mass is 9.84. The zero-order valence-electron chi connectivity index (χ0n) is 15.4. The first-order valence-corrected chi connectivity index (χ1v) is 8.96. The van der Waals surface area contributed by atoms with Crippen LogP contribution in [0.25, 0.3) is 0 Å². The molecular weight excluding hydrogens is 258 g/mol. The fourth-order valence-electron chi connectivity index (χ4n) is 3.62. The van der Waals surface area contributed by atoms with Gasteiger partial charge in [0.1, 0.15) is 0 Å². The molecule has 1 unspecified atom stereocenters. The van der Waals surface area contributed by atoms with Crippen molar-refractivity contribution in [3.8, 4) is 0 Å². The van der Waals surface area contributed by atoms with E-state index in [4.69, 9.17) is 0 Å². The van der Waals surface area contributed by atoms with Gasteiger partial charge in [0.15, 0.2) is 0 Å². The molecule has 1 rings (SSSR count). The number of hydrogen-bond donors (Lipinski definition) is 1. The lowest BCUT2D eigenvalue weighted by molar-refractivity contribution is 0.0950. The molecule has 1 atom stereocenters. The number of rotatable bonds is 9. The van der Waals surface area contributed by atoms with Gasteiger partial charge in [-0.25, -0.2) is 0 Å². The Bertz CT molecular complexity index is 270. The van der Waals surface area contributed by atoms with Gasteiger partial charge in [0.25, 0.3) is 0 Å². The van der Waals surface area contributed by atoms with Gasteiger partial charge in [0.05, 0.1) is 0 Å². The number of nitrogens with zero attached hydrogens (tertiary/aromatic N) is 2. The molecule has 1 fully saturated rings. The molecule has 1 N–H and O–H groups in total. The molecule has 0 spiro atoms. The maximum Gasteiger partial charge on any atom is 0.0113 e. The van der Waals surface area contributed by atoms with Crippen LogP contribution in [0.2, 0.25) is 0 Å². The molecule has 0 radical (unpaired) electrons. The van der Waals surface area contributed by atoms with Crippen LogP contribution >= 0.6 is 0 Å². The summed E-state index contributed by atoms with van der Waals surface area (Å²) in [7, 11) is 4.44. The molecule has 3 nitrogen and oxygen atoms in total. The standard InChI is InChI=1S/C18H39N3/c1-7-10-18(4,14-19-13-16(2)3)15-21-11-8-17(9-12-21)20(5)6/h16-17,19H,7-15H2,1-6H3. The highest BCUT2D eigenvalue weighted by Crippen LogP contribution is 2.26. The Morgan fingerprint density at radius 3 is 2.33 bits per heavy atom. The summed E-state index contributed by atoms with van der Waals surface area (Å²) in [6.45, 7) is 15.5. The third-order valence-corrected chi connectivity index (χ3v) is 4.85. The van der Waals surface area contributed by atoms with Crippen LogP contribution in [0.3, 0.4) is 0 Å². The number of nitrogens with one attached hydrogen (secondary N) is 1. The summed E-state index contributed by atoms with van der Waals surface area (Å²) in [5.41, 5.74) is 0.425. The molecule has 0 aromatic heterocycles. The lowest BCUT2D eigenvalue weighted by Gasteiger charge is -2.40. The van der Waals surface area contributed by atoms with Crippen LogP contribution in [-0.2, 0) is 0 Å². The Hall–Kier alpha value is -0.120. The van der Waals surface area contributed by atoms with Gasteiger partial charge >= 0.3 is 0 Å². The fourth-order valence-corrected chi connectivity index (χ4v) is 3.62. The minimum Gasteiger partial charge on any atom is -0.316 e. The summed E-state index contributed by atoms with van der Waals surface area (Å²) in [6.07, 6.45) is 5.27. The third kappa shape index (κ3) is 7.12. The average molecular weight is 298 g/mol. The molecule has 126 valence electrons. The second-order valence-corrected chi connectivity index (χ2v) is 8.06. The maximum absolute atomic E-state index is 3.69. The number of likely N-dealkylation sites (tertiary alicyclic amines) is 1. The number of piperidine rings is 1. The second kappa shape index (κ2) is 9.12. The Labute approximate surface area is 133 Å². The quantitative estimate of drug-likeness (QED) is 0.705. The minimum atomic E-state index is 0.425. The summed E-state index contributed by atoms with van der Waals surface area (Å²) >= 11 is 0. The third-order valence-electron chi connectivity index (χ3n) is 4.85. The van der Waals surface area contributed by atoms with E-state index in [1.54, 1.807) is 0 Å². The predicted molar refractivity (Wildman–Crippen MR) is 93.9 cm³/mol. The second-order valence-electron chi connectivity index (χ2n) is 8.06. The first-order valence-electron chi connectivity index (χ1n) is 8.96. The van der Waals surface area contributed by atoms with Crippen molar-refractivity contribution >= 4 is 0 Å². The molecule has 3 heteroatoms. The van der Waals surface area contributed by atoms with Gasteiger partial charge in [-0.3, -0.25) is 0 Å². The maximum atomic E-state index is 3.69. The van der Waals surface area contributed by atoms with Crippen LogP contribution < -0.4 is 5.32 Å². The van der Waals surface area contributed by atoms with E-state index in [0.29, 0.717) is 5.41 Å². The van der Waals surface area contributed by atoms with Gasteiger partial charge in [-0.2, -0.15) is 0 Å². The molecule has 1 aliphatic rings. The van der Waals surface area contributed by atoms with Gasteiger partial charge in [-0.15, -0.1) is 0 Å². The van der Waals surface area contributed by atoms with E-state index in [-0.39, 0.29) is 0 Å². The highest BCUT2D eigenvalue weighted by Gasteiger charge is 2.29. The molecule has 21 heavy (non-hydrogen) atoms. The van der Waals surface area contributed by atoms with Crippen molar-refractivity contribution in [2.75, 3.05) is 46.8 Å². The van der Waals surface area contributed by atoms with E-state index in [0.717, 1.165) is 25.0 Å². The van der Waals surface area contributed by atoms with Crippen LogP contribution in [-0.4, -0.2) is 62.7 Å². The molecule has 0 aromatic rings. The summed E-state index contributed by atoms with van der Waals surface area (Å²) in [6, 6.07) is 0.790. The van der Waals surface area contributed by atoms with Crippen molar-refractivity contribution in [2.24, 2.45) is 11.3 Å². The first-order chi connectivity index (χ1) is 9.86. The normalized spacial score (nSPS) is 21.1. The van der Waals surface area contributed by atoms with Crippen LogP contribution in [0, 0.1) is 11.3 Å². The van der Waals surface area contributed by atoms with Crippen molar-refractivity contribution < 1.29 is 0 Å². The SMILES string of the molecule is CCCC(C)(CNCC(C)C)CN1CCC(N(C)C)CC1. The van der Waals surface area contributed by atoms with E-state index in [2.05, 4.69) is 56.9 Å². The average Bonchev–Trinajstić information content (AvgIpc) is 2.38. The molecule has 1 saturated heterocycles. The minimum absolute atomic E-state index is 0.425. The Balaban J connectivity index is 2.42. The summed E-state index contributed by atoms with van der Waals surface area (Å²) in [5.74, 6) is 0.742. The first kappa shape index (κ1) is 18.9. The lowest BCUT2D eigenvalue weighted by Crippen LogP contribution is -2.48. The molecular formula is C18H39N3. The van der Waals surface area contributed by atoms with Crippen molar-refractivity contribution in [3.63, 3.8) is 0 Å². The van der Waals surface area contributed by atoms with E-state index in [9.17, 15) is 0 Å². The van der Waals surface area contributed by atoms with Crippen molar-refractivity contribution in [1.82, 2.24) is 15.1 Å². The fraction of sp³-hybridized carbons (Fsp3) is 1.00. The largest absolute Gasteiger partial charge is 0.316 e. The van der Waals surface area contributed by atoms with Gasteiger partial charge < -0.3 is 15.1 Å². The van der Waals surface area contributed by atoms with Crippen molar-refractivity contribution in [2.45, 2.75) is 59.4 Å². The van der Waals surface area contributed by atoms with Gasteiger partial charge in [-0.05, 0) is 64.3 Å². The van der Waals surface area contributed by atoms with Crippen molar-refractivity contribution in [3.05, 3.63) is 0 Å². The molecule has 1 heterocycles. The zero-order valence-corrected chi connectivity index (χ0v) is 15.4.